The van der Waals surface area contributed by atoms with E-state index in [-0.39, 0.29) is 5.91 Å². The Bertz CT molecular complexity index is 649. The standard InChI is InChI=1S/C18H21ClN2O/c1-4-21(5-2)16-10-8-15(9-11-16)20-18(22)14-7-6-13(3)17(19)12-14/h6-12H,4-5H2,1-3H3,(H,20,22). The lowest BCUT2D eigenvalue weighted by Crippen LogP contribution is -2.21. The summed E-state index contributed by atoms with van der Waals surface area (Å²) in [5, 5.41) is 3.49. The van der Waals surface area contributed by atoms with Gasteiger partial charge >= 0.3 is 0 Å². The molecule has 0 saturated carbocycles. The van der Waals surface area contributed by atoms with Crippen LogP contribution in [-0.2, 0) is 0 Å². The third kappa shape index (κ3) is 3.80. The van der Waals surface area contributed by atoms with Gasteiger partial charge in [0.15, 0.2) is 0 Å². The van der Waals surface area contributed by atoms with Gasteiger partial charge < -0.3 is 10.2 Å². The van der Waals surface area contributed by atoms with Crippen molar-refractivity contribution in [1.29, 1.82) is 0 Å². The summed E-state index contributed by atoms with van der Waals surface area (Å²) in [6.07, 6.45) is 0. The van der Waals surface area contributed by atoms with E-state index in [9.17, 15) is 4.79 Å². The number of anilines is 2. The van der Waals surface area contributed by atoms with Crippen LogP contribution in [0.1, 0.15) is 29.8 Å². The van der Waals surface area contributed by atoms with Crippen LogP contribution in [0.4, 0.5) is 11.4 Å². The van der Waals surface area contributed by atoms with Crippen molar-refractivity contribution in [3.8, 4) is 0 Å². The maximum absolute atomic E-state index is 12.2. The SMILES string of the molecule is CCN(CC)c1ccc(NC(=O)c2ccc(C)c(Cl)c2)cc1. The highest BCUT2D eigenvalue weighted by Crippen LogP contribution is 2.20. The molecular formula is C18H21ClN2O. The van der Waals surface area contributed by atoms with E-state index in [4.69, 9.17) is 11.6 Å². The number of aryl methyl sites for hydroxylation is 1. The van der Waals surface area contributed by atoms with Gasteiger partial charge in [-0.15, -0.1) is 0 Å². The molecular weight excluding hydrogens is 296 g/mol. The van der Waals surface area contributed by atoms with Gasteiger partial charge in [-0.05, 0) is 62.7 Å². The predicted molar refractivity (Wildman–Crippen MR) is 94.1 cm³/mol. The van der Waals surface area contributed by atoms with Gasteiger partial charge in [0.2, 0.25) is 0 Å². The van der Waals surface area contributed by atoms with Crippen molar-refractivity contribution in [1.82, 2.24) is 0 Å². The Kier molecular flexibility index (Phi) is 5.45. The minimum absolute atomic E-state index is 0.155. The van der Waals surface area contributed by atoms with Crippen molar-refractivity contribution in [2.45, 2.75) is 20.8 Å². The Morgan fingerprint density at radius 1 is 1.09 bits per heavy atom. The van der Waals surface area contributed by atoms with Crippen LogP contribution in [0.15, 0.2) is 42.5 Å². The quantitative estimate of drug-likeness (QED) is 0.863. The molecule has 0 aliphatic carbocycles. The third-order valence-electron chi connectivity index (χ3n) is 3.69. The van der Waals surface area contributed by atoms with Crippen LogP contribution in [0.3, 0.4) is 0 Å². The molecule has 1 N–H and O–H groups in total. The van der Waals surface area contributed by atoms with E-state index in [0.717, 1.165) is 30.0 Å². The molecule has 0 fully saturated rings. The topological polar surface area (TPSA) is 32.3 Å². The minimum atomic E-state index is -0.155. The number of carbonyl (C=O) groups is 1. The van der Waals surface area contributed by atoms with Crippen LogP contribution in [-0.4, -0.2) is 19.0 Å². The highest BCUT2D eigenvalue weighted by molar-refractivity contribution is 6.31. The van der Waals surface area contributed by atoms with Crippen molar-refractivity contribution >= 4 is 28.9 Å². The number of hydrogen-bond donors (Lipinski definition) is 1. The van der Waals surface area contributed by atoms with E-state index in [0.29, 0.717) is 10.6 Å². The molecule has 22 heavy (non-hydrogen) atoms. The highest BCUT2D eigenvalue weighted by Gasteiger charge is 2.08. The summed E-state index contributed by atoms with van der Waals surface area (Å²) >= 11 is 6.06. The Morgan fingerprint density at radius 2 is 1.73 bits per heavy atom. The molecule has 0 atom stereocenters. The van der Waals surface area contributed by atoms with Crippen molar-refractivity contribution < 1.29 is 4.79 Å². The number of carbonyl (C=O) groups excluding carboxylic acids is 1. The van der Waals surface area contributed by atoms with Crippen molar-refractivity contribution in [2.75, 3.05) is 23.3 Å². The van der Waals surface area contributed by atoms with E-state index < -0.39 is 0 Å². The fourth-order valence-electron chi connectivity index (χ4n) is 2.28. The van der Waals surface area contributed by atoms with Crippen molar-refractivity contribution in [2.24, 2.45) is 0 Å². The minimum Gasteiger partial charge on any atom is -0.372 e. The molecule has 0 aromatic heterocycles. The van der Waals surface area contributed by atoms with E-state index in [1.165, 1.54) is 0 Å². The first-order chi connectivity index (χ1) is 10.5. The molecule has 3 nitrogen and oxygen atoms in total. The summed E-state index contributed by atoms with van der Waals surface area (Å²) < 4.78 is 0. The number of hydrogen-bond acceptors (Lipinski definition) is 2. The van der Waals surface area contributed by atoms with Crippen LogP contribution in [0, 0.1) is 6.92 Å². The number of halogens is 1. The van der Waals surface area contributed by atoms with Gasteiger partial charge in [0.25, 0.3) is 5.91 Å². The maximum atomic E-state index is 12.2. The van der Waals surface area contributed by atoms with Gasteiger partial charge in [0.1, 0.15) is 0 Å². The average Bonchev–Trinajstić information content (AvgIpc) is 2.52. The van der Waals surface area contributed by atoms with Gasteiger partial charge in [-0.25, -0.2) is 0 Å². The lowest BCUT2D eigenvalue weighted by Gasteiger charge is -2.21. The molecule has 0 spiro atoms. The van der Waals surface area contributed by atoms with Gasteiger partial charge in [-0.2, -0.15) is 0 Å². The molecule has 2 aromatic carbocycles. The summed E-state index contributed by atoms with van der Waals surface area (Å²) in [5.74, 6) is -0.155. The lowest BCUT2D eigenvalue weighted by atomic mass is 10.1. The monoisotopic (exact) mass is 316 g/mol. The molecule has 1 amide bonds. The summed E-state index contributed by atoms with van der Waals surface area (Å²) in [4.78, 5) is 14.5. The predicted octanol–water partition coefficient (Wildman–Crippen LogP) is 4.75. The van der Waals surface area contributed by atoms with E-state index in [2.05, 4.69) is 24.1 Å². The number of benzene rings is 2. The van der Waals surface area contributed by atoms with E-state index in [1.54, 1.807) is 12.1 Å². The van der Waals surface area contributed by atoms with E-state index in [1.807, 2.05) is 37.3 Å². The molecule has 0 aliphatic rings. The molecule has 0 bridgehead atoms. The Balaban J connectivity index is 2.10. The number of nitrogens with one attached hydrogen (secondary N) is 1. The van der Waals surface area contributed by atoms with Crippen molar-refractivity contribution in [3.63, 3.8) is 0 Å². The first kappa shape index (κ1) is 16.4. The van der Waals surface area contributed by atoms with Crippen LogP contribution < -0.4 is 10.2 Å². The molecule has 0 heterocycles. The lowest BCUT2D eigenvalue weighted by molar-refractivity contribution is 0.102. The zero-order chi connectivity index (χ0) is 16.1. The maximum Gasteiger partial charge on any atom is 0.255 e. The Morgan fingerprint density at radius 3 is 2.27 bits per heavy atom. The van der Waals surface area contributed by atoms with Crippen LogP contribution in [0.5, 0.6) is 0 Å². The van der Waals surface area contributed by atoms with Crippen LogP contribution >= 0.6 is 11.6 Å². The summed E-state index contributed by atoms with van der Waals surface area (Å²) in [7, 11) is 0. The molecule has 2 rings (SSSR count). The van der Waals surface area contributed by atoms with E-state index >= 15 is 0 Å². The largest absolute Gasteiger partial charge is 0.372 e. The number of nitrogens with zero attached hydrogens (tertiary/aromatic N) is 1. The number of amides is 1. The molecule has 0 unspecified atom stereocenters. The van der Waals surface area contributed by atoms with Gasteiger partial charge in [-0.3, -0.25) is 4.79 Å². The fraction of sp³-hybridized carbons (Fsp3) is 0.278. The second kappa shape index (κ2) is 7.32. The van der Waals surface area contributed by atoms with Gasteiger partial charge in [-0.1, -0.05) is 17.7 Å². The normalized spacial score (nSPS) is 10.4. The number of rotatable bonds is 5. The zero-order valence-electron chi connectivity index (χ0n) is 13.2. The molecule has 0 saturated heterocycles. The van der Waals surface area contributed by atoms with Gasteiger partial charge in [0, 0.05) is 35.1 Å². The Hall–Kier alpha value is -2.00. The average molecular weight is 317 g/mol. The summed E-state index contributed by atoms with van der Waals surface area (Å²) in [6, 6.07) is 13.2. The van der Waals surface area contributed by atoms with Crippen LogP contribution in [0.2, 0.25) is 5.02 Å². The molecule has 0 radical (unpaired) electrons. The summed E-state index contributed by atoms with van der Waals surface area (Å²) in [6.45, 7) is 8.09. The Labute approximate surface area is 136 Å². The second-order valence-corrected chi connectivity index (χ2v) is 5.54. The first-order valence-electron chi connectivity index (χ1n) is 7.47. The zero-order valence-corrected chi connectivity index (χ0v) is 13.9. The second-order valence-electron chi connectivity index (χ2n) is 5.14. The molecule has 116 valence electrons. The summed E-state index contributed by atoms with van der Waals surface area (Å²) in [5.41, 5.74) is 3.45. The molecule has 2 aromatic rings. The highest BCUT2D eigenvalue weighted by atomic mass is 35.5. The van der Waals surface area contributed by atoms with Crippen LogP contribution in [0.25, 0.3) is 0 Å². The molecule has 0 aliphatic heterocycles. The first-order valence-corrected chi connectivity index (χ1v) is 7.85. The smallest absolute Gasteiger partial charge is 0.255 e. The third-order valence-corrected chi connectivity index (χ3v) is 4.09. The fourth-order valence-corrected chi connectivity index (χ4v) is 2.46. The molecule has 4 heteroatoms. The van der Waals surface area contributed by atoms with Crippen molar-refractivity contribution in [3.05, 3.63) is 58.6 Å². The van der Waals surface area contributed by atoms with Gasteiger partial charge in [0.05, 0.1) is 0 Å².